The topological polar surface area (TPSA) is 59.5 Å². The Bertz CT molecular complexity index is 807. The van der Waals surface area contributed by atoms with Crippen molar-refractivity contribution in [1.29, 1.82) is 0 Å². The summed E-state index contributed by atoms with van der Waals surface area (Å²) in [5.41, 5.74) is 1.16. The zero-order valence-corrected chi connectivity index (χ0v) is 16.5. The number of sulfonamides is 1. The average molecular weight is 425 g/mol. The van der Waals surface area contributed by atoms with Gasteiger partial charge < -0.3 is 4.74 Å². The Balaban J connectivity index is 1.66. The second-order valence-electron chi connectivity index (χ2n) is 6.10. The number of aromatic nitrogens is 1. The summed E-state index contributed by atoms with van der Waals surface area (Å²) >= 11 is 3.33. The molecule has 0 spiro atoms. The minimum absolute atomic E-state index is 0.178. The van der Waals surface area contributed by atoms with Crippen LogP contribution in [0.5, 0.6) is 5.88 Å². The SMILES string of the molecule is CCCc1ccc(S(=O)(=O)N2CCC(Oc3ccc(Br)cn3)C2)cc1. The summed E-state index contributed by atoms with van der Waals surface area (Å²) in [7, 11) is -3.48. The van der Waals surface area contributed by atoms with Crippen molar-refractivity contribution in [2.45, 2.75) is 37.2 Å². The third-order valence-electron chi connectivity index (χ3n) is 4.20. The highest BCUT2D eigenvalue weighted by Crippen LogP contribution is 2.24. The highest BCUT2D eigenvalue weighted by molar-refractivity contribution is 9.10. The van der Waals surface area contributed by atoms with Crippen molar-refractivity contribution in [3.8, 4) is 5.88 Å². The van der Waals surface area contributed by atoms with Crippen LogP contribution in [0.25, 0.3) is 0 Å². The first kappa shape index (κ1) is 18.4. The maximum atomic E-state index is 12.8. The molecule has 1 aliphatic heterocycles. The second kappa shape index (κ2) is 7.85. The van der Waals surface area contributed by atoms with E-state index in [9.17, 15) is 8.42 Å². The first-order chi connectivity index (χ1) is 12.0. The zero-order valence-electron chi connectivity index (χ0n) is 14.1. The van der Waals surface area contributed by atoms with E-state index in [2.05, 4.69) is 27.8 Å². The molecule has 0 aliphatic carbocycles. The lowest BCUT2D eigenvalue weighted by Crippen LogP contribution is -2.31. The fraction of sp³-hybridized carbons (Fsp3) is 0.389. The van der Waals surface area contributed by atoms with E-state index in [0.717, 1.165) is 22.9 Å². The van der Waals surface area contributed by atoms with Gasteiger partial charge in [0, 0.05) is 23.3 Å². The molecule has 2 aromatic rings. The fourth-order valence-electron chi connectivity index (χ4n) is 2.88. The molecular formula is C18H21BrN2O3S. The summed E-state index contributed by atoms with van der Waals surface area (Å²) in [6.45, 7) is 2.91. The lowest BCUT2D eigenvalue weighted by molar-refractivity contribution is 0.207. The van der Waals surface area contributed by atoms with Gasteiger partial charge in [0.2, 0.25) is 15.9 Å². The molecule has 1 unspecified atom stereocenters. The van der Waals surface area contributed by atoms with Gasteiger partial charge in [0.1, 0.15) is 6.10 Å². The molecule has 25 heavy (non-hydrogen) atoms. The molecule has 0 N–H and O–H groups in total. The molecular weight excluding hydrogens is 404 g/mol. The maximum Gasteiger partial charge on any atom is 0.243 e. The largest absolute Gasteiger partial charge is 0.473 e. The molecule has 0 bridgehead atoms. The van der Waals surface area contributed by atoms with Gasteiger partial charge >= 0.3 is 0 Å². The Labute approximate surface area is 157 Å². The lowest BCUT2D eigenvalue weighted by atomic mass is 10.1. The van der Waals surface area contributed by atoms with E-state index in [1.165, 1.54) is 4.31 Å². The zero-order chi connectivity index (χ0) is 17.9. The average Bonchev–Trinajstić information content (AvgIpc) is 3.07. The Morgan fingerprint density at radius 3 is 2.64 bits per heavy atom. The van der Waals surface area contributed by atoms with Crippen molar-refractivity contribution >= 4 is 26.0 Å². The van der Waals surface area contributed by atoms with Gasteiger partial charge in [0.15, 0.2) is 0 Å². The van der Waals surface area contributed by atoms with Crippen molar-refractivity contribution in [3.05, 3.63) is 52.6 Å². The van der Waals surface area contributed by atoms with Crippen molar-refractivity contribution < 1.29 is 13.2 Å². The van der Waals surface area contributed by atoms with Crippen LogP contribution in [-0.4, -0.2) is 36.9 Å². The van der Waals surface area contributed by atoms with Gasteiger partial charge in [0.05, 0.1) is 11.4 Å². The Kier molecular flexibility index (Phi) is 5.76. The molecule has 134 valence electrons. The first-order valence-electron chi connectivity index (χ1n) is 8.36. The van der Waals surface area contributed by atoms with Gasteiger partial charge in [-0.15, -0.1) is 0 Å². The fourth-order valence-corrected chi connectivity index (χ4v) is 4.60. The van der Waals surface area contributed by atoms with Gasteiger partial charge in [0.25, 0.3) is 0 Å². The molecule has 0 saturated carbocycles. The van der Waals surface area contributed by atoms with Gasteiger partial charge in [-0.25, -0.2) is 13.4 Å². The van der Waals surface area contributed by atoms with E-state index in [0.29, 0.717) is 30.3 Å². The summed E-state index contributed by atoms with van der Waals surface area (Å²) in [5.74, 6) is 0.511. The lowest BCUT2D eigenvalue weighted by Gasteiger charge is -2.17. The second-order valence-corrected chi connectivity index (χ2v) is 8.95. The number of hydrogen-bond donors (Lipinski definition) is 0. The van der Waals surface area contributed by atoms with Crippen LogP contribution < -0.4 is 4.74 Å². The van der Waals surface area contributed by atoms with Crippen LogP contribution in [0.3, 0.4) is 0 Å². The first-order valence-corrected chi connectivity index (χ1v) is 10.6. The maximum absolute atomic E-state index is 12.8. The Morgan fingerprint density at radius 1 is 1.24 bits per heavy atom. The molecule has 7 heteroatoms. The predicted molar refractivity (Wildman–Crippen MR) is 100 cm³/mol. The normalized spacial score (nSPS) is 18.4. The summed E-state index contributed by atoms with van der Waals surface area (Å²) in [6.07, 6.45) is 4.14. The minimum Gasteiger partial charge on any atom is -0.473 e. The highest BCUT2D eigenvalue weighted by Gasteiger charge is 2.33. The highest BCUT2D eigenvalue weighted by atomic mass is 79.9. The van der Waals surface area contributed by atoms with Crippen molar-refractivity contribution in [2.24, 2.45) is 0 Å². The monoisotopic (exact) mass is 424 g/mol. The van der Waals surface area contributed by atoms with Gasteiger partial charge in [-0.05, 0) is 52.5 Å². The van der Waals surface area contributed by atoms with E-state index in [1.807, 2.05) is 18.2 Å². The number of hydrogen-bond acceptors (Lipinski definition) is 4. The molecule has 0 amide bonds. The molecule has 1 fully saturated rings. The number of aryl methyl sites for hydroxylation is 1. The van der Waals surface area contributed by atoms with Crippen LogP contribution in [0.1, 0.15) is 25.3 Å². The van der Waals surface area contributed by atoms with Crippen LogP contribution in [0, 0.1) is 0 Å². The third-order valence-corrected chi connectivity index (χ3v) is 6.54. The molecule has 2 heterocycles. The number of pyridine rings is 1. The predicted octanol–water partition coefficient (Wildman–Crippen LogP) is 3.64. The molecule has 5 nitrogen and oxygen atoms in total. The number of rotatable bonds is 6. The van der Waals surface area contributed by atoms with Gasteiger partial charge in [-0.2, -0.15) is 4.31 Å². The van der Waals surface area contributed by atoms with E-state index >= 15 is 0 Å². The molecule has 3 rings (SSSR count). The van der Waals surface area contributed by atoms with E-state index in [-0.39, 0.29) is 6.10 Å². The van der Waals surface area contributed by atoms with Crippen LogP contribution >= 0.6 is 15.9 Å². The van der Waals surface area contributed by atoms with Crippen molar-refractivity contribution in [1.82, 2.24) is 9.29 Å². The molecule has 1 atom stereocenters. The molecule has 1 saturated heterocycles. The van der Waals surface area contributed by atoms with E-state index in [1.54, 1.807) is 24.4 Å². The molecule has 0 radical (unpaired) electrons. The van der Waals surface area contributed by atoms with Crippen molar-refractivity contribution in [2.75, 3.05) is 13.1 Å². The Hall–Kier alpha value is -1.44. The third kappa shape index (κ3) is 4.40. The minimum atomic E-state index is -3.48. The molecule has 1 aromatic heterocycles. The standard InChI is InChI=1S/C18H21BrN2O3S/c1-2-3-14-4-7-17(8-5-14)25(22,23)21-11-10-16(13-21)24-18-9-6-15(19)12-20-18/h4-9,12,16H,2-3,10-11,13H2,1H3. The number of ether oxygens (including phenoxy) is 1. The van der Waals surface area contributed by atoms with Gasteiger partial charge in [-0.3, -0.25) is 0 Å². The van der Waals surface area contributed by atoms with E-state index in [4.69, 9.17) is 4.74 Å². The quantitative estimate of drug-likeness (QED) is 0.709. The molecule has 1 aromatic carbocycles. The smallest absolute Gasteiger partial charge is 0.243 e. The van der Waals surface area contributed by atoms with Crippen molar-refractivity contribution in [3.63, 3.8) is 0 Å². The van der Waals surface area contributed by atoms with E-state index < -0.39 is 10.0 Å². The number of benzene rings is 1. The van der Waals surface area contributed by atoms with Crippen LogP contribution in [0.4, 0.5) is 0 Å². The summed E-state index contributed by atoms with van der Waals surface area (Å²) in [6, 6.07) is 10.8. The molecule has 1 aliphatic rings. The van der Waals surface area contributed by atoms with Crippen LogP contribution in [0.2, 0.25) is 0 Å². The number of halogens is 1. The summed E-state index contributed by atoms with van der Waals surface area (Å²) in [4.78, 5) is 4.52. The number of nitrogens with zero attached hydrogens (tertiary/aromatic N) is 2. The Morgan fingerprint density at radius 2 is 2.00 bits per heavy atom. The summed E-state index contributed by atoms with van der Waals surface area (Å²) in [5, 5.41) is 0. The summed E-state index contributed by atoms with van der Waals surface area (Å²) < 4.78 is 33.8. The van der Waals surface area contributed by atoms with Crippen LogP contribution in [0.15, 0.2) is 52.0 Å². The van der Waals surface area contributed by atoms with Gasteiger partial charge in [-0.1, -0.05) is 25.5 Å². The van der Waals surface area contributed by atoms with Crippen LogP contribution in [-0.2, 0) is 16.4 Å².